The van der Waals surface area contributed by atoms with Gasteiger partial charge in [0.05, 0.1) is 12.1 Å². The molecule has 2 aromatic rings. The molecule has 8 heteroatoms. The molecule has 0 radical (unpaired) electrons. The smallest absolute Gasteiger partial charge is 0.253 e. The molecule has 2 heterocycles. The Hall–Kier alpha value is -1.51. The average molecular weight is 322 g/mol. The van der Waals surface area contributed by atoms with Crippen LogP contribution in [0.2, 0.25) is 0 Å². The van der Waals surface area contributed by atoms with Crippen LogP contribution in [0.3, 0.4) is 0 Å². The molecule has 1 aromatic heterocycles. The van der Waals surface area contributed by atoms with Gasteiger partial charge in [0.25, 0.3) is 5.91 Å². The zero-order valence-electron chi connectivity index (χ0n) is 10.5. The molecule has 1 N–H and O–H groups in total. The van der Waals surface area contributed by atoms with Crippen molar-refractivity contribution in [1.82, 2.24) is 10.2 Å². The minimum absolute atomic E-state index is 0.00757. The van der Waals surface area contributed by atoms with Crippen LogP contribution in [0.25, 0.3) is 0 Å². The van der Waals surface area contributed by atoms with Gasteiger partial charge in [-0.1, -0.05) is 23.1 Å². The van der Waals surface area contributed by atoms with Crippen LogP contribution in [-0.2, 0) is 4.79 Å². The highest BCUT2D eigenvalue weighted by atomic mass is 32.2. The summed E-state index contributed by atoms with van der Waals surface area (Å²) in [5, 5.41) is 12.5. The first-order valence-electron chi connectivity index (χ1n) is 5.82. The number of aromatic nitrogens is 2. The quantitative estimate of drug-likeness (QED) is 0.879. The van der Waals surface area contributed by atoms with Crippen LogP contribution in [0.5, 0.6) is 0 Å². The first-order chi connectivity index (χ1) is 9.61. The molecule has 0 bridgehead atoms. The predicted molar refractivity (Wildman–Crippen MR) is 83.1 cm³/mol. The van der Waals surface area contributed by atoms with Gasteiger partial charge in [-0.3, -0.25) is 9.89 Å². The van der Waals surface area contributed by atoms with Crippen LogP contribution >= 0.6 is 35.3 Å². The maximum Gasteiger partial charge on any atom is 0.253 e. The van der Waals surface area contributed by atoms with E-state index in [1.807, 2.05) is 31.2 Å². The van der Waals surface area contributed by atoms with E-state index in [0.29, 0.717) is 10.4 Å². The highest BCUT2D eigenvalue weighted by Crippen LogP contribution is 2.31. The summed E-state index contributed by atoms with van der Waals surface area (Å²) in [4.78, 5) is 12.8. The molecule has 0 spiro atoms. The largest absolute Gasteiger partial charge is 0.272 e. The number of aromatic amines is 1. The van der Waals surface area contributed by atoms with Crippen molar-refractivity contribution < 1.29 is 4.79 Å². The summed E-state index contributed by atoms with van der Waals surface area (Å²) >= 11 is 7.96. The van der Waals surface area contributed by atoms with E-state index in [0.717, 1.165) is 20.6 Å². The number of nitrogens with one attached hydrogen (secondary N) is 1. The van der Waals surface area contributed by atoms with E-state index in [9.17, 15) is 4.79 Å². The van der Waals surface area contributed by atoms with E-state index in [1.165, 1.54) is 28.1 Å². The molecule has 1 aromatic carbocycles. The molecule has 5 nitrogen and oxygen atoms in total. The number of hydrogen-bond acceptors (Lipinski definition) is 6. The van der Waals surface area contributed by atoms with Gasteiger partial charge in [0, 0.05) is 10.6 Å². The van der Waals surface area contributed by atoms with E-state index >= 15 is 0 Å². The van der Waals surface area contributed by atoms with Crippen molar-refractivity contribution in [3.63, 3.8) is 0 Å². The molecule has 0 unspecified atom stereocenters. The van der Waals surface area contributed by atoms with E-state index in [2.05, 4.69) is 15.3 Å². The average Bonchev–Trinajstić information content (AvgIpc) is 2.96. The van der Waals surface area contributed by atoms with Crippen LogP contribution in [0.1, 0.15) is 13.3 Å². The lowest BCUT2D eigenvalue weighted by atomic mass is 10.3. The fraction of sp³-hybridized carbons (Fsp3) is 0.167. The lowest BCUT2D eigenvalue weighted by Gasteiger charge is -2.11. The van der Waals surface area contributed by atoms with Gasteiger partial charge >= 0.3 is 0 Å². The van der Waals surface area contributed by atoms with Crippen molar-refractivity contribution >= 4 is 52.6 Å². The third-order valence-corrected chi connectivity index (χ3v) is 4.78. The van der Waals surface area contributed by atoms with Crippen LogP contribution in [0.4, 0.5) is 5.69 Å². The van der Waals surface area contributed by atoms with E-state index in [4.69, 9.17) is 12.2 Å². The molecule has 0 saturated carbocycles. The third kappa shape index (κ3) is 2.82. The number of hydrazone groups is 1. The Bertz CT molecular complexity index is 732. The topological polar surface area (TPSA) is 61.4 Å². The minimum atomic E-state index is 0.00757. The van der Waals surface area contributed by atoms with Gasteiger partial charge in [0.1, 0.15) is 0 Å². The van der Waals surface area contributed by atoms with Gasteiger partial charge in [0.2, 0.25) is 0 Å². The molecule has 20 heavy (non-hydrogen) atoms. The van der Waals surface area contributed by atoms with Crippen molar-refractivity contribution in [3.8, 4) is 0 Å². The molecule has 0 aliphatic carbocycles. The molecule has 1 aliphatic heterocycles. The van der Waals surface area contributed by atoms with E-state index in [-0.39, 0.29) is 5.91 Å². The van der Waals surface area contributed by atoms with E-state index in [1.54, 1.807) is 0 Å². The highest BCUT2D eigenvalue weighted by molar-refractivity contribution is 8.01. The Morgan fingerprint density at radius 1 is 1.40 bits per heavy atom. The van der Waals surface area contributed by atoms with Crippen molar-refractivity contribution in [2.24, 2.45) is 5.10 Å². The van der Waals surface area contributed by atoms with Gasteiger partial charge in [-0.15, -0.1) is 0 Å². The number of hydrogen-bond donors (Lipinski definition) is 1. The Balaban J connectivity index is 1.78. The number of carbonyl (C=O) groups is 1. The Morgan fingerprint density at radius 2 is 2.15 bits per heavy atom. The predicted octanol–water partition coefficient (Wildman–Crippen LogP) is 3.46. The Labute approximate surface area is 128 Å². The second-order valence-corrected chi connectivity index (χ2v) is 7.18. The van der Waals surface area contributed by atoms with Gasteiger partial charge in [0.15, 0.2) is 8.29 Å². The number of carbonyl (C=O) groups excluding carboxylic acids is 1. The number of rotatable bonds is 3. The lowest BCUT2D eigenvalue weighted by Crippen LogP contribution is -2.19. The van der Waals surface area contributed by atoms with Crippen LogP contribution < -0.4 is 5.01 Å². The van der Waals surface area contributed by atoms with Crippen LogP contribution in [-0.4, -0.2) is 21.8 Å². The monoisotopic (exact) mass is 322 g/mol. The lowest BCUT2D eigenvalue weighted by molar-refractivity contribution is -0.116. The molecular weight excluding hydrogens is 312 g/mol. The highest BCUT2D eigenvalue weighted by Gasteiger charge is 2.22. The normalized spacial score (nSPS) is 14.8. The third-order valence-electron chi connectivity index (χ3n) is 2.62. The second-order valence-electron chi connectivity index (χ2n) is 4.19. The van der Waals surface area contributed by atoms with Gasteiger partial charge in [-0.25, -0.2) is 5.01 Å². The molecule has 0 saturated heterocycles. The summed E-state index contributed by atoms with van der Waals surface area (Å²) in [5.41, 5.74) is 1.62. The van der Waals surface area contributed by atoms with Crippen molar-refractivity contribution in [3.05, 3.63) is 28.2 Å². The van der Waals surface area contributed by atoms with E-state index < -0.39 is 0 Å². The molecule has 0 fully saturated rings. The molecule has 102 valence electrons. The zero-order chi connectivity index (χ0) is 14.1. The molecule has 1 amide bonds. The number of anilines is 1. The molecule has 0 atom stereocenters. The van der Waals surface area contributed by atoms with Crippen molar-refractivity contribution in [1.29, 1.82) is 0 Å². The summed E-state index contributed by atoms with van der Waals surface area (Å²) in [7, 11) is 0. The number of nitrogens with zero attached hydrogens (tertiary/aromatic N) is 3. The maximum atomic E-state index is 11.7. The maximum absolute atomic E-state index is 11.7. The number of amides is 1. The zero-order valence-corrected chi connectivity index (χ0v) is 12.9. The van der Waals surface area contributed by atoms with Crippen molar-refractivity contribution in [2.75, 3.05) is 5.01 Å². The summed E-state index contributed by atoms with van der Waals surface area (Å²) in [6.45, 7) is 1.85. The summed E-state index contributed by atoms with van der Waals surface area (Å²) in [6.07, 6.45) is 0.396. The second kappa shape index (κ2) is 5.47. The van der Waals surface area contributed by atoms with Crippen LogP contribution in [0.15, 0.2) is 38.6 Å². The first kappa shape index (κ1) is 13.5. The SMILES string of the molecule is CC1=NN(c2ccc(Sc3n[nH]c(=S)s3)cc2)C(=O)C1. The van der Waals surface area contributed by atoms with Gasteiger partial charge < -0.3 is 0 Å². The van der Waals surface area contributed by atoms with Crippen molar-refractivity contribution in [2.45, 2.75) is 22.6 Å². The first-order valence-corrected chi connectivity index (χ1v) is 7.86. The van der Waals surface area contributed by atoms with Crippen LogP contribution in [0, 0.1) is 3.95 Å². The Morgan fingerprint density at radius 3 is 2.70 bits per heavy atom. The number of H-pyrrole nitrogens is 1. The number of benzene rings is 1. The van der Waals surface area contributed by atoms with Gasteiger partial charge in [-0.05, 0) is 43.4 Å². The standard InChI is InChI=1S/C12H10N4OS3/c1-7-6-10(17)16(15-7)8-2-4-9(5-3-8)19-12-14-13-11(18)20-12/h2-5H,6H2,1H3,(H,13,18). The summed E-state index contributed by atoms with van der Waals surface area (Å²) in [6, 6.07) is 7.66. The fourth-order valence-electron chi connectivity index (χ4n) is 1.77. The molecule has 1 aliphatic rings. The Kier molecular flexibility index (Phi) is 3.68. The fourth-order valence-corrected chi connectivity index (χ4v) is 3.83. The summed E-state index contributed by atoms with van der Waals surface area (Å²) < 4.78 is 1.53. The molecular formula is C12H10N4OS3. The minimum Gasteiger partial charge on any atom is -0.272 e. The molecule has 3 rings (SSSR count). The summed E-state index contributed by atoms with van der Waals surface area (Å²) in [5.74, 6) is 0.00757. The van der Waals surface area contributed by atoms with Gasteiger partial charge in [-0.2, -0.15) is 10.2 Å².